The second-order valence-corrected chi connectivity index (χ2v) is 9.44. The van der Waals surface area contributed by atoms with Gasteiger partial charge in [-0.25, -0.2) is 4.90 Å². The summed E-state index contributed by atoms with van der Waals surface area (Å²) in [5, 5.41) is 0. The summed E-state index contributed by atoms with van der Waals surface area (Å²) in [4.78, 5) is 56.6. The lowest BCUT2D eigenvalue weighted by atomic mass is 9.77. The van der Waals surface area contributed by atoms with Crippen LogP contribution in [0.3, 0.4) is 0 Å². The minimum Gasteiger partial charge on any atom is -0.493 e. The van der Waals surface area contributed by atoms with Crippen molar-refractivity contribution >= 4 is 29.1 Å². The Hall–Kier alpha value is -4.30. The Morgan fingerprint density at radius 2 is 1.41 bits per heavy atom. The van der Waals surface area contributed by atoms with Gasteiger partial charge in [0.15, 0.2) is 11.5 Å². The van der Waals surface area contributed by atoms with E-state index >= 15 is 0 Å². The van der Waals surface area contributed by atoms with E-state index in [0.717, 1.165) is 10.5 Å². The number of methoxy groups -OCH3 is 2. The molecule has 2 saturated heterocycles. The summed E-state index contributed by atoms with van der Waals surface area (Å²) in [5.74, 6) is -3.90. The second-order valence-electron chi connectivity index (χ2n) is 9.44. The van der Waals surface area contributed by atoms with Crippen LogP contribution in [0.25, 0.3) is 0 Å². The van der Waals surface area contributed by atoms with E-state index < -0.39 is 46.9 Å². The summed E-state index contributed by atoms with van der Waals surface area (Å²) in [6.45, 7) is 1.90. The number of carbonyl (C=O) groups excluding carboxylic acids is 4. The molecule has 2 aliphatic heterocycles. The number of rotatable bonds is 4. The topological polar surface area (TPSA) is 99.2 Å². The van der Waals surface area contributed by atoms with Gasteiger partial charge >= 0.3 is 0 Å². The molecule has 2 heterocycles. The van der Waals surface area contributed by atoms with Gasteiger partial charge in [-0.3, -0.25) is 19.2 Å². The first-order chi connectivity index (χ1) is 17.8. The van der Waals surface area contributed by atoms with E-state index in [1.54, 1.807) is 66.7 Å². The number of benzene rings is 3. The number of aryl methyl sites for hydroxylation is 1. The van der Waals surface area contributed by atoms with Gasteiger partial charge in [-0.2, -0.15) is 0 Å². The summed E-state index contributed by atoms with van der Waals surface area (Å²) in [7, 11) is 2.98. The molecule has 2 amide bonds. The molecule has 0 radical (unpaired) electrons. The van der Waals surface area contributed by atoms with E-state index in [4.69, 9.17) is 14.2 Å². The highest BCUT2D eigenvalue weighted by Crippen LogP contribution is 2.58. The molecular formula is C29H23NO7. The molecule has 1 aliphatic carbocycles. The number of nitrogens with zero attached hydrogens (tertiary/aromatic N) is 1. The number of fused-ring (bicyclic) bond motifs is 3. The second kappa shape index (κ2) is 8.11. The summed E-state index contributed by atoms with van der Waals surface area (Å²) in [6, 6.07) is 18.3. The zero-order valence-corrected chi connectivity index (χ0v) is 20.4. The van der Waals surface area contributed by atoms with Gasteiger partial charge in [0.1, 0.15) is 0 Å². The summed E-state index contributed by atoms with van der Waals surface area (Å²) < 4.78 is 17.1. The smallest absolute Gasteiger partial charge is 0.241 e. The van der Waals surface area contributed by atoms with E-state index in [-0.39, 0.29) is 11.1 Å². The van der Waals surface area contributed by atoms with Crippen molar-refractivity contribution in [3.05, 3.63) is 89.0 Å². The third kappa shape index (κ3) is 2.99. The van der Waals surface area contributed by atoms with E-state index in [9.17, 15) is 19.2 Å². The molecule has 1 spiro atoms. The van der Waals surface area contributed by atoms with E-state index in [1.807, 2.05) is 6.92 Å². The van der Waals surface area contributed by atoms with Crippen molar-refractivity contribution in [1.29, 1.82) is 0 Å². The van der Waals surface area contributed by atoms with Crippen molar-refractivity contribution in [2.45, 2.75) is 18.6 Å². The zero-order chi connectivity index (χ0) is 26.1. The Bertz CT molecular complexity index is 1460. The SMILES string of the molecule is COc1ccc([C@@H]2OC3(C(=O)c4ccccc4C3=O)[C@H]3C(=O)N(c4ccc(C)cc4)C(=O)[C@@H]23)cc1OC. The van der Waals surface area contributed by atoms with Crippen LogP contribution in [-0.4, -0.2) is 43.2 Å². The van der Waals surface area contributed by atoms with Crippen LogP contribution in [0.1, 0.15) is 37.9 Å². The number of Topliss-reactive ketones (excluding diaryl/α,β-unsaturated/α-hetero) is 2. The highest BCUT2D eigenvalue weighted by Gasteiger charge is 2.74. The van der Waals surface area contributed by atoms with Crippen molar-refractivity contribution in [2.24, 2.45) is 11.8 Å². The largest absolute Gasteiger partial charge is 0.493 e. The van der Waals surface area contributed by atoms with Crippen LogP contribution in [0.4, 0.5) is 5.69 Å². The van der Waals surface area contributed by atoms with Crippen molar-refractivity contribution in [3.63, 3.8) is 0 Å². The molecule has 8 heteroatoms. The summed E-state index contributed by atoms with van der Waals surface area (Å²) >= 11 is 0. The predicted octanol–water partition coefficient (Wildman–Crippen LogP) is 3.71. The Kier molecular flexibility index (Phi) is 5.07. The molecular weight excluding hydrogens is 474 g/mol. The molecule has 3 aromatic carbocycles. The fourth-order valence-electron chi connectivity index (χ4n) is 5.80. The number of hydrogen-bond donors (Lipinski definition) is 0. The van der Waals surface area contributed by atoms with Crippen LogP contribution in [0.2, 0.25) is 0 Å². The van der Waals surface area contributed by atoms with Crippen molar-refractivity contribution < 1.29 is 33.4 Å². The van der Waals surface area contributed by atoms with Crippen LogP contribution < -0.4 is 14.4 Å². The molecule has 0 bridgehead atoms. The average molecular weight is 498 g/mol. The summed E-state index contributed by atoms with van der Waals surface area (Å²) in [5.41, 5.74) is 0.0852. The number of anilines is 1. The van der Waals surface area contributed by atoms with Gasteiger partial charge in [0, 0.05) is 11.1 Å². The minimum absolute atomic E-state index is 0.188. The lowest BCUT2D eigenvalue weighted by Crippen LogP contribution is -2.51. The van der Waals surface area contributed by atoms with Gasteiger partial charge in [-0.1, -0.05) is 48.0 Å². The molecule has 37 heavy (non-hydrogen) atoms. The van der Waals surface area contributed by atoms with Gasteiger partial charge in [0.2, 0.25) is 29.0 Å². The van der Waals surface area contributed by atoms with Gasteiger partial charge in [-0.15, -0.1) is 0 Å². The van der Waals surface area contributed by atoms with Gasteiger partial charge < -0.3 is 14.2 Å². The van der Waals surface area contributed by atoms with Crippen LogP contribution in [-0.2, 0) is 14.3 Å². The maximum absolute atomic E-state index is 14.0. The molecule has 6 rings (SSSR count). The molecule has 8 nitrogen and oxygen atoms in total. The maximum atomic E-state index is 14.0. The third-order valence-electron chi connectivity index (χ3n) is 7.55. The fraction of sp³-hybridized carbons (Fsp3) is 0.241. The molecule has 0 saturated carbocycles. The highest BCUT2D eigenvalue weighted by molar-refractivity contribution is 6.37. The number of ketones is 2. The Morgan fingerprint density at radius 1 is 0.784 bits per heavy atom. The monoisotopic (exact) mass is 497 g/mol. The molecule has 2 fully saturated rings. The number of amides is 2. The molecule has 0 aromatic heterocycles. The summed E-state index contributed by atoms with van der Waals surface area (Å²) in [6.07, 6.45) is -1.04. The van der Waals surface area contributed by atoms with Crippen molar-refractivity contribution in [1.82, 2.24) is 0 Å². The predicted molar refractivity (Wildman–Crippen MR) is 132 cm³/mol. The van der Waals surface area contributed by atoms with Crippen LogP contribution in [0.15, 0.2) is 66.7 Å². The Morgan fingerprint density at radius 3 is 2.00 bits per heavy atom. The molecule has 186 valence electrons. The standard InChI is InChI=1S/C29H23NO7/c1-15-8-11-17(12-9-15)30-27(33)22-23(28(30)34)29(25(31)18-6-4-5-7-19(18)26(29)32)37-24(22)16-10-13-20(35-2)21(14-16)36-3/h4-14,22-24H,1-3H3/t22-,23-,24+/m1/s1. The van der Waals surface area contributed by atoms with Gasteiger partial charge in [0.25, 0.3) is 0 Å². The first-order valence-corrected chi connectivity index (χ1v) is 11.9. The van der Waals surface area contributed by atoms with Crippen molar-refractivity contribution in [2.75, 3.05) is 19.1 Å². The lowest BCUT2D eigenvalue weighted by Gasteiger charge is -2.27. The van der Waals surface area contributed by atoms with E-state index in [2.05, 4.69) is 0 Å². The fourth-order valence-corrected chi connectivity index (χ4v) is 5.80. The maximum Gasteiger partial charge on any atom is 0.241 e. The third-order valence-corrected chi connectivity index (χ3v) is 7.55. The quantitative estimate of drug-likeness (QED) is 0.400. The zero-order valence-electron chi connectivity index (χ0n) is 20.4. The molecule has 3 atom stereocenters. The Balaban J connectivity index is 1.54. The number of carbonyl (C=O) groups is 4. The molecule has 0 N–H and O–H groups in total. The first-order valence-electron chi connectivity index (χ1n) is 11.9. The number of ether oxygens (including phenoxy) is 3. The van der Waals surface area contributed by atoms with E-state index in [0.29, 0.717) is 22.7 Å². The Labute approximate surface area is 212 Å². The number of hydrogen-bond acceptors (Lipinski definition) is 7. The van der Waals surface area contributed by atoms with Gasteiger partial charge in [0.05, 0.1) is 37.8 Å². The first kappa shape index (κ1) is 23.1. The highest BCUT2D eigenvalue weighted by atomic mass is 16.5. The van der Waals surface area contributed by atoms with Crippen LogP contribution >= 0.6 is 0 Å². The molecule has 3 aliphatic rings. The average Bonchev–Trinajstić information content (AvgIpc) is 3.49. The molecule has 0 unspecified atom stereocenters. The lowest BCUT2D eigenvalue weighted by molar-refractivity contribution is -0.127. The number of imide groups is 1. The van der Waals surface area contributed by atoms with Crippen LogP contribution in [0, 0.1) is 18.8 Å². The van der Waals surface area contributed by atoms with E-state index in [1.165, 1.54) is 14.2 Å². The molecule has 3 aromatic rings. The van der Waals surface area contributed by atoms with Gasteiger partial charge in [-0.05, 0) is 36.8 Å². The van der Waals surface area contributed by atoms with Crippen LogP contribution in [0.5, 0.6) is 11.5 Å². The normalized spacial score (nSPS) is 23.5. The minimum atomic E-state index is -2.13. The van der Waals surface area contributed by atoms with Crippen molar-refractivity contribution in [3.8, 4) is 11.5 Å².